The second-order valence-corrected chi connectivity index (χ2v) is 5.90. The molecule has 1 aliphatic heterocycles. The van der Waals surface area contributed by atoms with Crippen molar-refractivity contribution < 1.29 is 9.53 Å². The van der Waals surface area contributed by atoms with Gasteiger partial charge in [0, 0.05) is 13.1 Å². The minimum absolute atomic E-state index is 0.0462. The highest BCUT2D eigenvalue weighted by atomic mass is 16.5. The monoisotopic (exact) mass is 262 g/mol. The smallest absolute Gasteiger partial charge is 0.247 e. The molecule has 1 aliphatic rings. The van der Waals surface area contributed by atoms with Gasteiger partial charge in [-0.05, 0) is 26.3 Å². The molecular formula is C15H22N2O2. The number of hydrogen-bond acceptors (Lipinski definition) is 3. The highest BCUT2D eigenvalue weighted by Gasteiger charge is 2.38. The number of hydrogen-bond donors (Lipinski definition) is 1. The van der Waals surface area contributed by atoms with Crippen LogP contribution in [-0.4, -0.2) is 36.1 Å². The molecule has 1 unspecified atom stereocenters. The zero-order valence-corrected chi connectivity index (χ0v) is 11.8. The van der Waals surface area contributed by atoms with Gasteiger partial charge in [0.15, 0.2) is 0 Å². The summed E-state index contributed by atoms with van der Waals surface area (Å²) in [5.74, 6) is -0.0462. The molecule has 4 nitrogen and oxygen atoms in total. The lowest BCUT2D eigenvalue weighted by atomic mass is 9.91. The Hall–Kier alpha value is -1.39. The van der Waals surface area contributed by atoms with E-state index in [9.17, 15) is 4.79 Å². The molecule has 0 aliphatic carbocycles. The van der Waals surface area contributed by atoms with Crippen LogP contribution in [0.5, 0.6) is 0 Å². The Bertz CT molecular complexity index is 454. The quantitative estimate of drug-likeness (QED) is 0.878. The fourth-order valence-corrected chi connectivity index (χ4v) is 2.43. The molecule has 0 radical (unpaired) electrons. The van der Waals surface area contributed by atoms with E-state index in [0.29, 0.717) is 19.7 Å². The van der Waals surface area contributed by atoms with E-state index >= 15 is 0 Å². The minimum Gasteiger partial charge on any atom is -0.372 e. The molecule has 2 rings (SSSR count). The molecule has 1 saturated heterocycles. The average Bonchev–Trinajstić information content (AvgIpc) is 2.37. The number of ether oxygens (including phenoxy) is 1. The number of nitrogens with zero attached hydrogens (tertiary/aromatic N) is 1. The summed E-state index contributed by atoms with van der Waals surface area (Å²) in [4.78, 5) is 14.5. The number of benzene rings is 1. The van der Waals surface area contributed by atoms with Crippen molar-refractivity contribution in [3.05, 3.63) is 35.9 Å². The first-order valence-electron chi connectivity index (χ1n) is 6.61. The second kappa shape index (κ2) is 4.94. The van der Waals surface area contributed by atoms with Crippen molar-refractivity contribution in [2.45, 2.75) is 31.9 Å². The van der Waals surface area contributed by atoms with Crippen molar-refractivity contribution in [1.29, 1.82) is 0 Å². The van der Waals surface area contributed by atoms with Crippen LogP contribution < -0.4 is 5.73 Å². The van der Waals surface area contributed by atoms with Crippen molar-refractivity contribution in [3.8, 4) is 0 Å². The predicted molar refractivity (Wildman–Crippen MR) is 74.6 cm³/mol. The SMILES string of the molecule is CC1(C)CN(C(=O)C(C)(N)c2ccccc2)CCO1. The van der Waals surface area contributed by atoms with Crippen LogP contribution in [0.3, 0.4) is 0 Å². The Morgan fingerprint density at radius 2 is 2.00 bits per heavy atom. The highest BCUT2D eigenvalue weighted by molar-refractivity contribution is 5.87. The number of nitrogens with two attached hydrogens (primary N) is 1. The predicted octanol–water partition coefficient (Wildman–Crippen LogP) is 1.50. The largest absolute Gasteiger partial charge is 0.372 e. The van der Waals surface area contributed by atoms with Crippen molar-refractivity contribution in [3.63, 3.8) is 0 Å². The molecule has 1 heterocycles. The van der Waals surface area contributed by atoms with Gasteiger partial charge in [0.2, 0.25) is 5.91 Å². The van der Waals surface area contributed by atoms with Crippen LogP contribution in [-0.2, 0) is 15.1 Å². The molecule has 0 aromatic heterocycles. The molecule has 1 amide bonds. The van der Waals surface area contributed by atoms with E-state index in [0.717, 1.165) is 5.56 Å². The average molecular weight is 262 g/mol. The molecule has 104 valence electrons. The first-order valence-corrected chi connectivity index (χ1v) is 6.61. The number of amides is 1. The lowest BCUT2D eigenvalue weighted by Crippen LogP contribution is -2.58. The Balaban J connectivity index is 2.19. The van der Waals surface area contributed by atoms with Crippen LogP contribution in [0.2, 0.25) is 0 Å². The van der Waals surface area contributed by atoms with Gasteiger partial charge < -0.3 is 15.4 Å². The van der Waals surface area contributed by atoms with Gasteiger partial charge in [-0.3, -0.25) is 4.79 Å². The first-order chi connectivity index (χ1) is 8.83. The van der Waals surface area contributed by atoms with E-state index in [1.165, 1.54) is 0 Å². The van der Waals surface area contributed by atoms with Crippen LogP contribution in [0.1, 0.15) is 26.3 Å². The summed E-state index contributed by atoms with van der Waals surface area (Å²) >= 11 is 0. The van der Waals surface area contributed by atoms with Crippen molar-refractivity contribution in [2.75, 3.05) is 19.7 Å². The maximum Gasteiger partial charge on any atom is 0.247 e. The third-order valence-electron chi connectivity index (χ3n) is 3.53. The molecule has 1 fully saturated rings. The van der Waals surface area contributed by atoms with Gasteiger partial charge in [0.25, 0.3) is 0 Å². The van der Waals surface area contributed by atoms with Gasteiger partial charge in [-0.15, -0.1) is 0 Å². The first kappa shape index (κ1) is 14.0. The summed E-state index contributed by atoms with van der Waals surface area (Å²) in [5.41, 5.74) is 5.81. The third-order valence-corrected chi connectivity index (χ3v) is 3.53. The number of carbonyl (C=O) groups is 1. The molecule has 1 aromatic rings. The minimum atomic E-state index is -0.991. The van der Waals surface area contributed by atoms with Gasteiger partial charge >= 0.3 is 0 Å². The van der Waals surface area contributed by atoms with E-state index in [4.69, 9.17) is 10.5 Å². The Morgan fingerprint density at radius 3 is 2.58 bits per heavy atom. The van der Waals surface area contributed by atoms with E-state index in [2.05, 4.69) is 0 Å². The van der Waals surface area contributed by atoms with Gasteiger partial charge in [0.05, 0.1) is 12.2 Å². The van der Waals surface area contributed by atoms with E-state index in [1.54, 1.807) is 11.8 Å². The normalized spacial score (nSPS) is 21.8. The topological polar surface area (TPSA) is 55.6 Å². The lowest BCUT2D eigenvalue weighted by molar-refractivity contribution is -0.151. The Kier molecular flexibility index (Phi) is 3.65. The van der Waals surface area contributed by atoms with E-state index in [-0.39, 0.29) is 11.5 Å². The summed E-state index contributed by atoms with van der Waals surface area (Å²) in [7, 11) is 0. The molecule has 4 heteroatoms. The van der Waals surface area contributed by atoms with Crippen LogP contribution in [0.25, 0.3) is 0 Å². The molecule has 2 N–H and O–H groups in total. The van der Waals surface area contributed by atoms with Crippen LogP contribution >= 0.6 is 0 Å². The lowest BCUT2D eigenvalue weighted by Gasteiger charge is -2.41. The molecule has 0 bridgehead atoms. The summed E-state index contributed by atoms with van der Waals surface area (Å²) in [6.45, 7) is 7.48. The fraction of sp³-hybridized carbons (Fsp3) is 0.533. The summed E-state index contributed by atoms with van der Waals surface area (Å²) in [5, 5.41) is 0. The third kappa shape index (κ3) is 2.96. The number of rotatable bonds is 2. The highest BCUT2D eigenvalue weighted by Crippen LogP contribution is 2.24. The molecule has 0 saturated carbocycles. The summed E-state index contributed by atoms with van der Waals surface area (Å²) in [6, 6.07) is 9.50. The van der Waals surface area contributed by atoms with E-state index < -0.39 is 5.54 Å². The van der Waals surface area contributed by atoms with Gasteiger partial charge in [-0.1, -0.05) is 30.3 Å². The zero-order chi connectivity index (χ0) is 14.1. The van der Waals surface area contributed by atoms with Crippen molar-refractivity contribution >= 4 is 5.91 Å². The molecular weight excluding hydrogens is 240 g/mol. The van der Waals surface area contributed by atoms with Crippen LogP contribution in [0.4, 0.5) is 0 Å². The standard InChI is InChI=1S/C15H22N2O2/c1-14(2)11-17(9-10-19-14)13(18)15(3,16)12-7-5-4-6-8-12/h4-8H,9-11,16H2,1-3H3. The zero-order valence-electron chi connectivity index (χ0n) is 11.8. The molecule has 19 heavy (non-hydrogen) atoms. The second-order valence-electron chi connectivity index (χ2n) is 5.90. The molecule has 0 spiro atoms. The van der Waals surface area contributed by atoms with Crippen molar-refractivity contribution in [2.24, 2.45) is 5.73 Å². The number of carbonyl (C=O) groups excluding carboxylic acids is 1. The molecule has 1 atom stereocenters. The van der Waals surface area contributed by atoms with Gasteiger partial charge in [-0.2, -0.15) is 0 Å². The molecule has 1 aromatic carbocycles. The fourth-order valence-electron chi connectivity index (χ4n) is 2.43. The van der Waals surface area contributed by atoms with Gasteiger partial charge in [0.1, 0.15) is 5.54 Å². The number of morpholine rings is 1. The van der Waals surface area contributed by atoms with Crippen LogP contribution in [0.15, 0.2) is 30.3 Å². The van der Waals surface area contributed by atoms with E-state index in [1.807, 2.05) is 44.2 Å². The maximum atomic E-state index is 12.7. The summed E-state index contributed by atoms with van der Waals surface area (Å²) < 4.78 is 5.63. The van der Waals surface area contributed by atoms with Crippen LogP contribution in [0, 0.1) is 0 Å². The Labute approximate surface area is 114 Å². The Morgan fingerprint density at radius 1 is 1.37 bits per heavy atom. The maximum absolute atomic E-state index is 12.7. The van der Waals surface area contributed by atoms with Crippen molar-refractivity contribution in [1.82, 2.24) is 4.90 Å². The summed E-state index contributed by atoms with van der Waals surface area (Å²) in [6.07, 6.45) is 0. The van der Waals surface area contributed by atoms with Gasteiger partial charge in [-0.25, -0.2) is 0 Å².